The Labute approximate surface area is 156 Å². The largest absolute Gasteiger partial charge is 0.451 e. The van der Waals surface area contributed by atoms with Crippen LogP contribution in [0, 0.1) is 6.92 Å². The van der Waals surface area contributed by atoms with Crippen molar-refractivity contribution >= 4 is 39.4 Å². The van der Waals surface area contributed by atoms with Crippen molar-refractivity contribution in [2.75, 3.05) is 12.3 Å². The van der Waals surface area contributed by atoms with E-state index in [0.29, 0.717) is 12.3 Å². The van der Waals surface area contributed by atoms with Gasteiger partial charge in [-0.15, -0.1) is 11.8 Å². The lowest BCUT2D eigenvalue weighted by Crippen LogP contribution is -2.25. The predicted octanol–water partition coefficient (Wildman–Crippen LogP) is 5.42. The van der Waals surface area contributed by atoms with Crippen molar-refractivity contribution in [2.24, 2.45) is 0 Å². The molecule has 0 spiro atoms. The van der Waals surface area contributed by atoms with Crippen LogP contribution >= 0.6 is 11.8 Å². The monoisotopic (exact) mass is 361 g/mol. The SMILES string of the molecule is Cc1ccc(SCCNC(=O)c2cc3c(ccc4ccccc43)o2)cc1. The summed E-state index contributed by atoms with van der Waals surface area (Å²) in [4.78, 5) is 13.6. The van der Waals surface area contributed by atoms with E-state index in [9.17, 15) is 4.79 Å². The highest BCUT2D eigenvalue weighted by Crippen LogP contribution is 2.28. The molecule has 0 radical (unpaired) electrons. The summed E-state index contributed by atoms with van der Waals surface area (Å²) in [5.41, 5.74) is 1.99. The molecule has 0 unspecified atom stereocenters. The minimum absolute atomic E-state index is 0.171. The smallest absolute Gasteiger partial charge is 0.287 e. The lowest BCUT2D eigenvalue weighted by Gasteiger charge is -2.04. The average molecular weight is 361 g/mol. The number of carbonyl (C=O) groups is 1. The van der Waals surface area contributed by atoms with E-state index in [-0.39, 0.29) is 5.91 Å². The number of hydrogen-bond donors (Lipinski definition) is 1. The number of aryl methyl sites for hydroxylation is 1. The van der Waals surface area contributed by atoms with E-state index >= 15 is 0 Å². The van der Waals surface area contributed by atoms with E-state index in [1.165, 1.54) is 10.5 Å². The van der Waals surface area contributed by atoms with Gasteiger partial charge in [-0.3, -0.25) is 4.79 Å². The Kier molecular flexibility index (Phi) is 4.67. The first-order valence-corrected chi connectivity index (χ1v) is 9.58. The van der Waals surface area contributed by atoms with Crippen LogP contribution in [0.5, 0.6) is 0 Å². The van der Waals surface area contributed by atoms with E-state index in [2.05, 4.69) is 42.6 Å². The molecule has 1 N–H and O–H groups in total. The van der Waals surface area contributed by atoms with Gasteiger partial charge in [0.15, 0.2) is 5.76 Å². The van der Waals surface area contributed by atoms with Crippen LogP contribution < -0.4 is 5.32 Å². The fraction of sp³-hybridized carbons (Fsp3) is 0.136. The zero-order chi connectivity index (χ0) is 17.9. The molecule has 130 valence electrons. The van der Waals surface area contributed by atoms with Gasteiger partial charge in [0.05, 0.1) is 0 Å². The van der Waals surface area contributed by atoms with Crippen LogP contribution in [-0.4, -0.2) is 18.2 Å². The summed E-state index contributed by atoms with van der Waals surface area (Å²) in [5, 5.41) is 6.15. The van der Waals surface area contributed by atoms with Gasteiger partial charge in [-0.2, -0.15) is 0 Å². The van der Waals surface area contributed by atoms with E-state index in [1.807, 2.05) is 36.4 Å². The summed E-state index contributed by atoms with van der Waals surface area (Å²) in [6.45, 7) is 2.67. The Balaban J connectivity index is 1.41. The Bertz CT molecular complexity index is 1070. The van der Waals surface area contributed by atoms with Gasteiger partial charge >= 0.3 is 0 Å². The van der Waals surface area contributed by atoms with Gasteiger partial charge in [-0.05, 0) is 42.0 Å². The molecule has 1 heterocycles. The number of nitrogens with one attached hydrogen (secondary N) is 1. The van der Waals surface area contributed by atoms with E-state index in [0.717, 1.165) is 27.5 Å². The third-order valence-corrected chi connectivity index (χ3v) is 5.34. The van der Waals surface area contributed by atoms with E-state index in [4.69, 9.17) is 4.42 Å². The Morgan fingerprint density at radius 2 is 1.81 bits per heavy atom. The summed E-state index contributed by atoms with van der Waals surface area (Å²) < 4.78 is 5.75. The highest BCUT2D eigenvalue weighted by Gasteiger charge is 2.13. The minimum atomic E-state index is -0.171. The van der Waals surface area contributed by atoms with Crippen LogP contribution in [0.25, 0.3) is 21.7 Å². The average Bonchev–Trinajstić information content (AvgIpc) is 3.11. The lowest BCUT2D eigenvalue weighted by molar-refractivity contribution is 0.0930. The number of amides is 1. The van der Waals surface area contributed by atoms with Crippen LogP contribution in [0.2, 0.25) is 0 Å². The Morgan fingerprint density at radius 1 is 1.00 bits per heavy atom. The highest BCUT2D eigenvalue weighted by molar-refractivity contribution is 7.99. The zero-order valence-corrected chi connectivity index (χ0v) is 15.3. The van der Waals surface area contributed by atoms with Gasteiger partial charge in [0.25, 0.3) is 5.91 Å². The summed E-state index contributed by atoms with van der Waals surface area (Å²) in [5.74, 6) is 1.00. The van der Waals surface area contributed by atoms with Gasteiger partial charge in [0.2, 0.25) is 0 Å². The number of furan rings is 1. The highest BCUT2D eigenvalue weighted by atomic mass is 32.2. The number of rotatable bonds is 5. The molecule has 0 atom stereocenters. The minimum Gasteiger partial charge on any atom is -0.451 e. The maximum absolute atomic E-state index is 12.4. The first kappa shape index (κ1) is 16.7. The quantitative estimate of drug-likeness (QED) is 0.381. The molecule has 0 bridgehead atoms. The normalized spacial score (nSPS) is 11.1. The summed E-state index contributed by atoms with van der Waals surface area (Å²) in [6.07, 6.45) is 0. The second-order valence-electron chi connectivity index (χ2n) is 6.23. The molecule has 3 aromatic carbocycles. The van der Waals surface area contributed by atoms with Crippen molar-refractivity contribution in [1.82, 2.24) is 5.32 Å². The van der Waals surface area contributed by atoms with Crippen molar-refractivity contribution in [1.29, 1.82) is 0 Å². The Hall–Kier alpha value is -2.72. The molecule has 4 heteroatoms. The standard InChI is InChI=1S/C22H19NO2S/c1-15-6-9-17(10-7-15)26-13-12-23-22(24)21-14-19-18-5-3-2-4-16(18)8-11-20(19)25-21/h2-11,14H,12-13H2,1H3,(H,23,24). The number of carbonyl (C=O) groups excluding carboxylic acids is 1. The lowest BCUT2D eigenvalue weighted by atomic mass is 10.1. The molecule has 0 saturated heterocycles. The topological polar surface area (TPSA) is 42.2 Å². The molecule has 1 aromatic heterocycles. The van der Waals surface area contributed by atoms with E-state index < -0.39 is 0 Å². The maximum Gasteiger partial charge on any atom is 0.287 e. The van der Waals surface area contributed by atoms with Crippen LogP contribution in [0.15, 0.2) is 76.0 Å². The van der Waals surface area contributed by atoms with Crippen molar-refractivity contribution < 1.29 is 9.21 Å². The second-order valence-corrected chi connectivity index (χ2v) is 7.39. The zero-order valence-electron chi connectivity index (χ0n) is 14.5. The molecule has 4 aromatic rings. The molecule has 26 heavy (non-hydrogen) atoms. The van der Waals surface area contributed by atoms with Gasteiger partial charge in [-0.25, -0.2) is 0 Å². The third kappa shape index (κ3) is 3.46. The third-order valence-electron chi connectivity index (χ3n) is 4.33. The second kappa shape index (κ2) is 7.26. The predicted molar refractivity (Wildman–Crippen MR) is 108 cm³/mol. The fourth-order valence-electron chi connectivity index (χ4n) is 2.96. The van der Waals surface area contributed by atoms with E-state index in [1.54, 1.807) is 11.8 Å². The molecule has 4 rings (SSSR count). The van der Waals surface area contributed by atoms with Crippen LogP contribution in [0.3, 0.4) is 0 Å². The van der Waals surface area contributed by atoms with Crippen LogP contribution in [-0.2, 0) is 0 Å². The van der Waals surface area contributed by atoms with Gasteiger partial charge in [0, 0.05) is 22.6 Å². The molecular formula is C22H19NO2S. The molecule has 0 aliphatic rings. The number of thioether (sulfide) groups is 1. The summed E-state index contributed by atoms with van der Waals surface area (Å²) >= 11 is 1.73. The maximum atomic E-state index is 12.4. The molecule has 0 fully saturated rings. The summed E-state index contributed by atoms with van der Waals surface area (Å²) in [6, 6.07) is 22.3. The molecule has 1 amide bonds. The fourth-order valence-corrected chi connectivity index (χ4v) is 3.73. The first-order valence-electron chi connectivity index (χ1n) is 8.60. The molecule has 0 aliphatic carbocycles. The first-order chi connectivity index (χ1) is 12.7. The number of fused-ring (bicyclic) bond motifs is 3. The number of benzene rings is 3. The number of hydrogen-bond acceptors (Lipinski definition) is 3. The van der Waals surface area contributed by atoms with Gasteiger partial charge in [-0.1, -0.05) is 48.0 Å². The molecule has 3 nitrogen and oxygen atoms in total. The molecule has 0 aliphatic heterocycles. The van der Waals surface area contributed by atoms with Crippen molar-refractivity contribution in [3.8, 4) is 0 Å². The van der Waals surface area contributed by atoms with Crippen molar-refractivity contribution in [3.63, 3.8) is 0 Å². The van der Waals surface area contributed by atoms with Crippen molar-refractivity contribution in [3.05, 3.63) is 78.1 Å². The molecular weight excluding hydrogens is 342 g/mol. The summed E-state index contributed by atoms with van der Waals surface area (Å²) in [7, 11) is 0. The molecule has 0 saturated carbocycles. The van der Waals surface area contributed by atoms with Gasteiger partial charge < -0.3 is 9.73 Å². The van der Waals surface area contributed by atoms with Crippen LogP contribution in [0.1, 0.15) is 16.1 Å². The van der Waals surface area contributed by atoms with Crippen LogP contribution in [0.4, 0.5) is 0 Å². The Morgan fingerprint density at radius 3 is 2.65 bits per heavy atom. The van der Waals surface area contributed by atoms with Gasteiger partial charge in [0.1, 0.15) is 5.58 Å². The van der Waals surface area contributed by atoms with Crippen molar-refractivity contribution in [2.45, 2.75) is 11.8 Å².